The van der Waals surface area contributed by atoms with Crippen LogP contribution in [0.3, 0.4) is 0 Å². The van der Waals surface area contributed by atoms with Crippen molar-refractivity contribution in [3.05, 3.63) is 40.1 Å². The molecule has 3 heterocycles. The Morgan fingerprint density at radius 2 is 1.60 bits per heavy atom. The molecular weight excluding hydrogens is 699 g/mol. The number of nitrogens with one attached hydrogen (secondary N) is 1. The second-order valence-corrected chi connectivity index (χ2v) is 18.4. The molecule has 1 amide bonds. The van der Waals surface area contributed by atoms with Gasteiger partial charge in [0.25, 0.3) is 11.6 Å². The molecule has 286 valence electrons. The van der Waals surface area contributed by atoms with Crippen molar-refractivity contribution in [2.45, 2.75) is 145 Å². The molecule has 52 heavy (non-hydrogen) atoms. The first-order chi connectivity index (χ1) is 24.6. The van der Waals surface area contributed by atoms with E-state index < -0.39 is 23.0 Å². The van der Waals surface area contributed by atoms with Gasteiger partial charge in [0.05, 0.1) is 0 Å². The van der Waals surface area contributed by atoms with Crippen molar-refractivity contribution in [1.29, 1.82) is 0 Å². The molecule has 2 aliphatic carbocycles. The van der Waals surface area contributed by atoms with Gasteiger partial charge in [-0.2, -0.15) is 0 Å². The van der Waals surface area contributed by atoms with Crippen molar-refractivity contribution in [3.8, 4) is 5.75 Å². The van der Waals surface area contributed by atoms with Gasteiger partial charge < -0.3 is 20.3 Å². The number of aryl methyl sites for hydroxylation is 1. The van der Waals surface area contributed by atoms with E-state index in [2.05, 4.69) is 25.8 Å². The van der Waals surface area contributed by atoms with Crippen LogP contribution in [0.1, 0.15) is 122 Å². The average molecular weight is 756 g/mol. The minimum absolute atomic E-state index is 0.0519. The smallest absolute Gasteiger partial charge is 0.352 e. The maximum Gasteiger partial charge on any atom is 0.352 e. The summed E-state index contributed by atoms with van der Waals surface area (Å²) in [5.74, 6) is -0.763. The molecule has 0 unspecified atom stereocenters. The van der Waals surface area contributed by atoms with E-state index in [4.69, 9.17) is 4.74 Å². The molecule has 1 aromatic carbocycles. The summed E-state index contributed by atoms with van der Waals surface area (Å²) in [5, 5.41) is 36.1. The fraction of sp³-hybridized carbons (Fsp3) is 0.684. The first-order valence-corrected chi connectivity index (χ1v) is 20.6. The number of amides is 1. The van der Waals surface area contributed by atoms with Crippen molar-refractivity contribution >= 4 is 41.6 Å². The summed E-state index contributed by atoms with van der Waals surface area (Å²) in [6.45, 7) is 12.1. The molecule has 2 aromatic rings. The van der Waals surface area contributed by atoms with Gasteiger partial charge in [0.15, 0.2) is 0 Å². The third-order valence-electron chi connectivity index (χ3n) is 10.4. The van der Waals surface area contributed by atoms with Crippen LogP contribution in [0.15, 0.2) is 33.6 Å². The SMILES string of the molecule is C1CCC(NC2CCCCC2)CC1.CO[C@@]1(/N=C/c2cc(C(C)(C)C)c(O)c(C(C)(C)C)c2)C(=O)N2C(C(=O)O)=C(CSc3nnnn3C)CS[C@@H]21. The first-order valence-electron chi connectivity index (χ1n) is 18.6. The lowest BCUT2D eigenvalue weighted by molar-refractivity contribution is -0.182. The summed E-state index contributed by atoms with van der Waals surface area (Å²) in [7, 11) is 3.11. The van der Waals surface area contributed by atoms with Gasteiger partial charge in [-0.15, -0.1) is 16.9 Å². The molecule has 3 fully saturated rings. The minimum atomic E-state index is -1.56. The molecule has 2 saturated carbocycles. The molecule has 4 aliphatic rings. The predicted molar refractivity (Wildman–Crippen MR) is 207 cm³/mol. The summed E-state index contributed by atoms with van der Waals surface area (Å²) < 4.78 is 7.19. The zero-order valence-corrected chi connectivity index (χ0v) is 33.7. The quantitative estimate of drug-likeness (QED) is 0.145. The highest BCUT2D eigenvalue weighted by atomic mass is 32.2. The van der Waals surface area contributed by atoms with Crippen molar-refractivity contribution in [1.82, 2.24) is 30.4 Å². The summed E-state index contributed by atoms with van der Waals surface area (Å²) >= 11 is 2.71. The van der Waals surface area contributed by atoms with Crippen LogP contribution in [0.2, 0.25) is 0 Å². The van der Waals surface area contributed by atoms with Crippen molar-refractivity contribution in [2.75, 3.05) is 18.6 Å². The summed E-state index contributed by atoms with van der Waals surface area (Å²) in [6, 6.07) is 5.48. The minimum Gasteiger partial charge on any atom is -0.507 e. The van der Waals surface area contributed by atoms with Crippen LogP contribution < -0.4 is 5.32 Å². The number of hydrogen-bond acceptors (Lipinski definition) is 11. The van der Waals surface area contributed by atoms with E-state index in [1.807, 2.05) is 53.7 Å². The molecule has 2 atom stereocenters. The largest absolute Gasteiger partial charge is 0.507 e. The van der Waals surface area contributed by atoms with E-state index in [-0.39, 0.29) is 22.3 Å². The zero-order chi connectivity index (χ0) is 37.8. The molecule has 1 saturated heterocycles. The Morgan fingerprint density at radius 1 is 1.04 bits per heavy atom. The highest BCUT2D eigenvalue weighted by Crippen LogP contribution is 2.49. The average Bonchev–Trinajstić information content (AvgIpc) is 3.52. The third-order valence-corrected chi connectivity index (χ3v) is 12.8. The zero-order valence-electron chi connectivity index (χ0n) is 32.1. The number of aliphatic carboxylic acids is 1. The van der Waals surface area contributed by atoms with E-state index in [0.29, 0.717) is 22.2 Å². The molecule has 0 radical (unpaired) electrons. The number of carbonyl (C=O) groups excluding carboxylic acids is 1. The van der Waals surface area contributed by atoms with Gasteiger partial charge in [0.1, 0.15) is 16.8 Å². The second-order valence-electron chi connectivity index (χ2n) is 16.4. The van der Waals surface area contributed by atoms with Gasteiger partial charge in [-0.05, 0) is 70.2 Å². The number of aromatic nitrogens is 4. The molecular formula is C38H57N7O5S2. The van der Waals surface area contributed by atoms with Gasteiger partial charge >= 0.3 is 5.97 Å². The number of carboxylic acid groups (broad SMARTS) is 1. The van der Waals surface area contributed by atoms with E-state index in [0.717, 1.165) is 28.8 Å². The Morgan fingerprint density at radius 3 is 2.06 bits per heavy atom. The van der Waals surface area contributed by atoms with Crippen LogP contribution >= 0.6 is 23.5 Å². The van der Waals surface area contributed by atoms with Gasteiger partial charge in [-0.3, -0.25) is 9.69 Å². The molecule has 3 N–H and O–H groups in total. The molecule has 2 aliphatic heterocycles. The Labute approximate surface area is 317 Å². The normalized spacial score (nSPS) is 23.3. The number of phenols is 1. The van der Waals surface area contributed by atoms with Crippen molar-refractivity contribution < 1.29 is 24.5 Å². The van der Waals surface area contributed by atoms with Crippen LogP contribution in [-0.2, 0) is 32.2 Å². The Kier molecular flexibility index (Phi) is 12.9. The fourth-order valence-corrected chi connectivity index (χ4v) is 9.88. The number of aliphatic imine (C=N–C) groups is 1. The fourth-order valence-electron chi connectivity index (χ4n) is 7.45. The lowest BCUT2D eigenvalue weighted by Crippen LogP contribution is -2.73. The lowest BCUT2D eigenvalue weighted by atomic mass is 9.78. The van der Waals surface area contributed by atoms with Crippen molar-refractivity contribution in [3.63, 3.8) is 0 Å². The molecule has 0 bridgehead atoms. The number of phenolic OH excluding ortho intramolecular Hbond substituents is 1. The van der Waals surface area contributed by atoms with Crippen LogP contribution in [0.4, 0.5) is 0 Å². The Balaban J connectivity index is 0.000000335. The maximum atomic E-state index is 13.5. The number of thioether (sulfide) groups is 2. The monoisotopic (exact) mass is 755 g/mol. The first kappa shape index (κ1) is 40.2. The number of carbonyl (C=O) groups is 2. The third kappa shape index (κ3) is 8.88. The number of fused-ring (bicyclic) bond motifs is 1. The molecule has 1 aromatic heterocycles. The highest BCUT2D eigenvalue weighted by molar-refractivity contribution is 8.01. The Bertz CT molecular complexity index is 1600. The summed E-state index contributed by atoms with van der Waals surface area (Å²) in [4.78, 5) is 31.7. The van der Waals surface area contributed by atoms with Crippen molar-refractivity contribution in [2.24, 2.45) is 12.0 Å². The summed E-state index contributed by atoms with van der Waals surface area (Å²) in [5.41, 5.74) is 0.595. The molecule has 14 heteroatoms. The van der Waals surface area contributed by atoms with E-state index in [1.165, 1.54) is 104 Å². The van der Waals surface area contributed by atoms with Crippen LogP contribution in [-0.4, -0.2) is 95.2 Å². The number of hydrogen-bond donors (Lipinski definition) is 3. The van der Waals surface area contributed by atoms with Gasteiger partial charge in [-0.25, -0.2) is 14.5 Å². The number of tetrazole rings is 1. The van der Waals surface area contributed by atoms with Crippen LogP contribution in [0, 0.1) is 0 Å². The second kappa shape index (κ2) is 16.6. The number of ether oxygens (including phenoxy) is 1. The topological polar surface area (TPSA) is 155 Å². The number of benzene rings is 1. The predicted octanol–water partition coefficient (Wildman–Crippen LogP) is 6.56. The van der Waals surface area contributed by atoms with Gasteiger partial charge in [0.2, 0.25) is 5.16 Å². The number of nitrogens with zero attached hydrogens (tertiary/aromatic N) is 6. The standard InChI is InChI=1S/C26H34N6O5S2.C12H23N/c1-24(2,3)16-9-14(10-17(19(16)33)25(4,5)6)11-27-26(37-8)21(36)32-18(20(34)35)15(12-38-22(26)32)13-39-23-28-29-30-31(23)7;1-3-7-11(8-4-1)13-12-9-5-2-6-10-12/h9-11,22,33H,12-13H2,1-8H3,(H,34,35);11-13H,1-10H2/b27-11+;/t22-,26+;/m1./s1. The highest BCUT2D eigenvalue weighted by Gasteiger charge is 2.66. The van der Waals surface area contributed by atoms with Gasteiger partial charge in [0, 0.05) is 55.1 Å². The number of methoxy groups -OCH3 is 1. The number of carboxylic acids is 1. The number of rotatable bonds is 9. The Hall–Kier alpha value is -2.94. The maximum absolute atomic E-state index is 13.5. The molecule has 12 nitrogen and oxygen atoms in total. The van der Waals surface area contributed by atoms with Crippen LogP contribution in [0.25, 0.3) is 0 Å². The van der Waals surface area contributed by atoms with E-state index >= 15 is 0 Å². The molecule has 6 rings (SSSR count). The van der Waals surface area contributed by atoms with Gasteiger partial charge in [-0.1, -0.05) is 91.8 Å². The van der Waals surface area contributed by atoms with Crippen LogP contribution in [0.5, 0.6) is 5.75 Å². The summed E-state index contributed by atoms with van der Waals surface area (Å²) in [6.07, 6.45) is 16.1. The number of β-lactam (4-membered cyclic amide) rings is 1. The lowest BCUT2D eigenvalue weighted by Gasteiger charge is -2.53. The van der Waals surface area contributed by atoms with E-state index in [9.17, 15) is 19.8 Å². The molecule has 0 spiro atoms. The number of aromatic hydroxyl groups is 1. The van der Waals surface area contributed by atoms with E-state index in [1.54, 1.807) is 13.3 Å².